The van der Waals surface area contributed by atoms with E-state index in [9.17, 15) is 5.11 Å². The zero-order chi connectivity index (χ0) is 13.2. The first-order chi connectivity index (χ1) is 9.28. The average Bonchev–Trinajstić information content (AvgIpc) is 2.47. The molecule has 0 radical (unpaired) electrons. The first-order valence-corrected chi connectivity index (χ1v) is 5.86. The van der Waals surface area contributed by atoms with Gasteiger partial charge < -0.3 is 9.84 Å². The highest BCUT2D eigenvalue weighted by molar-refractivity contribution is 5.89. The molecule has 0 saturated carbocycles. The van der Waals surface area contributed by atoms with Crippen molar-refractivity contribution >= 4 is 10.9 Å². The van der Waals surface area contributed by atoms with Crippen LogP contribution in [0.1, 0.15) is 0 Å². The Morgan fingerprint density at radius 1 is 1.05 bits per heavy atom. The van der Waals surface area contributed by atoms with E-state index >= 15 is 0 Å². The van der Waals surface area contributed by atoms with Crippen LogP contribution in [0.25, 0.3) is 22.0 Å². The van der Waals surface area contributed by atoms with Crippen LogP contribution < -0.4 is 4.74 Å². The van der Waals surface area contributed by atoms with Crippen LogP contribution in [0.2, 0.25) is 0 Å². The number of nitrogens with zero attached hydrogens (tertiary/aromatic N) is 2. The van der Waals surface area contributed by atoms with E-state index in [2.05, 4.69) is 9.97 Å². The minimum absolute atomic E-state index is 0.219. The van der Waals surface area contributed by atoms with E-state index in [1.54, 1.807) is 37.7 Å². The zero-order valence-electron chi connectivity index (χ0n) is 10.4. The maximum atomic E-state index is 10.0. The third-order valence-electron chi connectivity index (χ3n) is 2.98. The van der Waals surface area contributed by atoms with E-state index in [0.29, 0.717) is 5.88 Å². The molecule has 94 valence electrons. The van der Waals surface area contributed by atoms with Crippen molar-refractivity contribution in [2.75, 3.05) is 7.11 Å². The Morgan fingerprint density at radius 3 is 2.68 bits per heavy atom. The molecule has 0 aliphatic rings. The van der Waals surface area contributed by atoms with E-state index in [1.807, 2.05) is 18.2 Å². The molecule has 0 aliphatic heterocycles. The number of pyridine rings is 2. The summed E-state index contributed by atoms with van der Waals surface area (Å²) in [5, 5.41) is 10.8. The van der Waals surface area contributed by atoms with Gasteiger partial charge in [-0.05, 0) is 35.9 Å². The summed E-state index contributed by atoms with van der Waals surface area (Å²) in [4.78, 5) is 8.42. The third-order valence-corrected chi connectivity index (χ3v) is 2.98. The Balaban J connectivity index is 2.14. The molecule has 0 bridgehead atoms. The first kappa shape index (κ1) is 11.5. The SMILES string of the molecule is COc1ccc(-c2cc(O)c3cccnc3c2)cn1. The smallest absolute Gasteiger partial charge is 0.212 e. The third kappa shape index (κ3) is 2.08. The van der Waals surface area contributed by atoms with Crippen LogP contribution in [-0.2, 0) is 0 Å². The van der Waals surface area contributed by atoms with E-state index in [-0.39, 0.29) is 5.75 Å². The van der Waals surface area contributed by atoms with Crippen LogP contribution in [0.3, 0.4) is 0 Å². The molecule has 0 atom stereocenters. The summed E-state index contributed by atoms with van der Waals surface area (Å²) in [5.74, 6) is 0.781. The standard InChI is InChI=1S/C15H12N2O2/c1-19-15-5-4-10(9-17-15)11-7-13-12(14(18)8-11)3-2-6-16-13/h2-9,18H,1H3. The molecular formula is C15H12N2O2. The van der Waals surface area contributed by atoms with Gasteiger partial charge in [0.1, 0.15) is 5.75 Å². The van der Waals surface area contributed by atoms with Gasteiger partial charge in [-0.1, -0.05) is 0 Å². The fourth-order valence-corrected chi connectivity index (χ4v) is 2.00. The lowest BCUT2D eigenvalue weighted by atomic mass is 10.0. The Labute approximate surface area is 110 Å². The van der Waals surface area contributed by atoms with E-state index < -0.39 is 0 Å². The van der Waals surface area contributed by atoms with Crippen molar-refractivity contribution in [2.45, 2.75) is 0 Å². The predicted molar refractivity (Wildman–Crippen MR) is 73.2 cm³/mol. The number of methoxy groups -OCH3 is 1. The molecule has 3 aromatic rings. The fourth-order valence-electron chi connectivity index (χ4n) is 2.00. The van der Waals surface area contributed by atoms with Gasteiger partial charge in [-0.25, -0.2) is 4.98 Å². The maximum absolute atomic E-state index is 10.0. The molecule has 2 aromatic heterocycles. The number of hydrogen-bond acceptors (Lipinski definition) is 4. The van der Waals surface area contributed by atoms with Gasteiger partial charge in [0.25, 0.3) is 0 Å². The van der Waals surface area contributed by atoms with Crippen LogP contribution in [0.4, 0.5) is 0 Å². The molecule has 0 aliphatic carbocycles. The molecule has 4 nitrogen and oxygen atoms in total. The lowest BCUT2D eigenvalue weighted by Crippen LogP contribution is -1.88. The van der Waals surface area contributed by atoms with Crippen LogP contribution in [0.15, 0.2) is 48.8 Å². The minimum Gasteiger partial charge on any atom is -0.507 e. The number of aromatic hydroxyl groups is 1. The summed E-state index contributed by atoms with van der Waals surface area (Å²) in [7, 11) is 1.58. The Hall–Kier alpha value is -2.62. The number of fused-ring (bicyclic) bond motifs is 1. The maximum Gasteiger partial charge on any atom is 0.212 e. The Bertz CT molecular complexity index is 724. The second kappa shape index (κ2) is 4.57. The lowest BCUT2D eigenvalue weighted by molar-refractivity contribution is 0.398. The average molecular weight is 252 g/mol. The molecule has 2 heterocycles. The second-order valence-electron chi connectivity index (χ2n) is 4.15. The molecule has 1 aromatic carbocycles. The van der Waals surface area contributed by atoms with Gasteiger partial charge in [0, 0.05) is 29.4 Å². The number of aromatic nitrogens is 2. The summed E-state index contributed by atoms with van der Waals surface area (Å²) in [6.07, 6.45) is 3.42. The van der Waals surface area contributed by atoms with Crippen LogP contribution in [0, 0.1) is 0 Å². The Kier molecular flexibility index (Phi) is 2.76. The van der Waals surface area contributed by atoms with Crippen LogP contribution in [-0.4, -0.2) is 22.2 Å². The quantitative estimate of drug-likeness (QED) is 0.761. The van der Waals surface area contributed by atoms with Crippen molar-refractivity contribution in [3.8, 4) is 22.8 Å². The second-order valence-corrected chi connectivity index (χ2v) is 4.15. The molecule has 19 heavy (non-hydrogen) atoms. The predicted octanol–water partition coefficient (Wildman–Crippen LogP) is 3.01. The number of benzene rings is 1. The zero-order valence-corrected chi connectivity index (χ0v) is 10.4. The molecule has 1 N–H and O–H groups in total. The summed E-state index contributed by atoms with van der Waals surface area (Å²) in [6.45, 7) is 0. The molecule has 0 unspecified atom stereocenters. The van der Waals surface area contributed by atoms with E-state index in [4.69, 9.17) is 4.74 Å². The minimum atomic E-state index is 0.219. The molecule has 0 saturated heterocycles. The van der Waals surface area contributed by atoms with Crippen molar-refractivity contribution in [3.63, 3.8) is 0 Å². The highest BCUT2D eigenvalue weighted by Crippen LogP contribution is 2.30. The number of hydrogen-bond donors (Lipinski definition) is 1. The number of rotatable bonds is 2. The molecule has 3 rings (SSSR count). The topological polar surface area (TPSA) is 55.2 Å². The van der Waals surface area contributed by atoms with Crippen molar-refractivity contribution in [1.82, 2.24) is 9.97 Å². The van der Waals surface area contributed by atoms with E-state index in [1.165, 1.54) is 0 Å². The van der Waals surface area contributed by atoms with Crippen LogP contribution in [0.5, 0.6) is 11.6 Å². The molecule has 4 heteroatoms. The number of ether oxygens (including phenoxy) is 1. The van der Waals surface area contributed by atoms with Crippen LogP contribution >= 0.6 is 0 Å². The highest BCUT2D eigenvalue weighted by atomic mass is 16.5. The van der Waals surface area contributed by atoms with Gasteiger partial charge in [-0.3, -0.25) is 4.98 Å². The van der Waals surface area contributed by atoms with Gasteiger partial charge in [0.05, 0.1) is 12.6 Å². The first-order valence-electron chi connectivity index (χ1n) is 5.86. The van der Waals surface area contributed by atoms with E-state index in [0.717, 1.165) is 22.0 Å². The summed E-state index contributed by atoms with van der Waals surface area (Å²) < 4.78 is 5.03. The monoisotopic (exact) mass is 252 g/mol. The normalized spacial score (nSPS) is 10.6. The van der Waals surface area contributed by atoms with Crippen molar-refractivity contribution < 1.29 is 9.84 Å². The molecule has 0 amide bonds. The number of phenols is 1. The lowest BCUT2D eigenvalue weighted by Gasteiger charge is -2.06. The summed E-state index contributed by atoms with van der Waals surface area (Å²) in [5.41, 5.74) is 2.54. The fraction of sp³-hybridized carbons (Fsp3) is 0.0667. The van der Waals surface area contributed by atoms with Gasteiger partial charge >= 0.3 is 0 Å². The largest absolute Gasteiger partial charge is 0.507 e. The molecule has 0 spiro atoms. The van der Waals surface area contributed by atoms with Gasteiger partial charge in [0.2, 0.25) is 5.88 Å². The number of phenolic OH excluding ortho intramolecular Hbond substituents is 1. The van der Waals surface area contributed by atoms with Gasteiger partial charge in [-0.15, -0.1) is 0 Å². The summed E-state index contributed by atoms with van der Waals surface area (Å²) >= 11 is 0. The van der Waals surface area contributed by atoms with Crippen molar-refractivity contribution in [1.29, 1.82) is 0 Å². The van der Waals surface area contributed by atoms with Crippen molar-refractivity contribution in [3.05, 3.63) is 48.8 Å². The van der Waals surface area contributed by atoms with Gasteiger partial charge in [0.15, 0.2) is 0 Å². The Morgan fingerprint density at radius 2 is 1.95 bits per heavy atom. The molecular weight excluding hydrogens is 240 g/mol. The van der Waals surface area contributed by atoms with Gasteiger partial charge in [-0.2, -0.15) is 0 Å². The summed E-state index contributed by atoms with van der Waals surface area (Å²) in [6, 6.07) is 11.0. The molecule has 0 fully saturated rings. The highest BCUT2D eigenvalue weighted by Gasteiger charge is 2.06. The van der Waals surface area contributed by atoms with Crippen molar-refractivity contribution in [2.24, 2.45) is 0 Å².